The molecular weight excluding hydrogens is 424 g/mol. The molecule has 4 nitrogen and oxygen atoms in total. The van der Waals surface area contributed by atoms with Crippen molar-refractivity contribution in [1.82, 2.24) is 0 Å². The summed E-state index contributed by atoms with van der Waals surface area (Å²) in [7, 11) is 0. The second-order valence-corrected chi connectivity index (χ2v) is 15.2. The first-order valence-corrected chi connectivity index (χ1v) is 14.2. The SMILES string of the molecule is CC(C)[C@@H]1C[C@@H]2OC[C@]13CC[C@@]1(C)[C@H]4C(=CC[C@]1(C)[C@@H]23)[C@@]12CO[C@@H](C1)[C@H](O)C(C)(C)C2C[C@@H]4O. The van der Waals surface area contributed by atoms with E-state index < -0.39 is 6.10 Å². The average Bonchev–Trinajstić information content (AvgIpc) is 3.46. The van der Waals surface area contributed by atoms with Crippen molar-refractivity contribution in [2.24, 2.45) is 56.7 Å². The van der Waals surface area contributed by atoms with E-state index in [1.165, 1.54) is 24.8 Å². The molecule has 190 valence electrons. The molecule has 12 atom stereocenters. The Kier molecular flexibility index (Phi) is 4.36. The molecule has 7 aliphatic rings. The van der Waals surface area contributed by atoms with Crippen molar-refractivity contribution in [3.63, 3.8) is 0 Å². The first-order valence-electron chi connectivity index (χ1n) is 14.2. The number of hydrogen-bond donors (Lipinski definition) is 2. The van der Waals surface area contributed by atoms with E-state index in [1.807, 2.05) is 0 Å². The average molecular weight is 471 g/mol. The van der Waals surface area contributed by atoms with Crippen molar-refractivity contribution in [2.45, 2.75) is 104 Å². The molecule has 0 aromatic rings. The highest BCUT2D eigenvalue weighted by Crippen LogP contribution is 2.78. The second kappa shape index (κ2) is 6.52. The van der Waals surface area contributed by atoms with E-state index in [0.29, 0.717) is 23.4 Å². The fraction of sp³-hybridized carbons (Fsp3) is 0.933. The third-order valence-electron chi connectivity index (χ3n) is 13.7. The minimum Gasteiger partial charge on any atom is -0.392 e. The minimum absolute atomic E-state index is 0.0115. The Bertz CT molecular complexity index is 940. The molecule has 1 unspecified atom stereocenters. The monoisotopic (exact) mass is 470 g/mol. The van der Waals surface area contributed by atoms with Gasteiger partial charge in [-0.25, -0.2) is 0 Å². The van der Waals surface area contributed by atoms with Gasteiger partial charge in [-0.05, 0) is 78.4 Å². The lowest BCUT2D eigenvalue weighted by Gasteiger charge is -2.69. The zero-order valence-electron chi connectivity index (χ0n) is 22.1. The van der Waals surface area contributed by atoms with Crippen molar-refractivity contribution in [3.8, 4) is 0 Å². The van der Waals surface area contributed by atoms with E-state index >= 15 is 0 Å². The largest absolute Gasteiger partial charge is 0.392 e. The molecule has 4 heteroatoms. The zero-order chi connectivity index (χ0) is 24.1. The molecule has 0 aromatic carbocycles. The van der Waals surface area contributed by atoms with E-state index in [0.717, 1.165) is 38.4 Å². The number of rotatable bonds is 1. The number of allylic oxidation sites excluding steroid dienone is 1. The van der Waals surface area contributed by atoms with Crippen LogP contribution < -0.4 is 0 Å². The van der Waals surface area contributed by atoms with Crippen LogP contribution in [0.25, 0.3) is 0 Å². The fourth-order valence-corrected chi connectivity index (χ4v) is 12.1. The topological polar surface area (TPSA) is 58.9 Å². The summed E-state index contributed by atoms with van der Waals surface area (Å²) in [6.45, 7) is 16.1. The van der Waals surface area contributed by atoms with Crippen molar-refractivity contribution in [3.05, 3.63) is 11.6 Å². The Labute approximate surface area is 205 Å². The van der Waals surface area contributed by atoms with Gasteiger partial charge in [0.15, 0.2) is 0 Å². The Morgan fingerprint density at radius 3 is 2.41 bits per heavy atom. The molecule has 2 aliphatic heterocycles. The fourth-order valence-electron chi connectivity index (χ4n) is 12.1. The summed E-state index contributed by atoms with van der Waals surface area (Å²) in [5, 5.41) is 23.1. The van der Waals surface area contributed by atoms with Crippen LogP contribution in [0.15, 0.2) is 11.6 Å². The van der Waals surface area contributed by atoms with Gasteiger partial charge in [0.2, 0.25) is 0 Å². The van der Waals surface area contributed by atoms with E-state index in [4.69, 9.17) is 9.47 Å². The van der Waals surface area contributed by atoms with E-state index in [2.05, 4.69) is 47.6 Å². The molecular formula is C30H46O4. The van der Waals surface area contributed by atoms with Gasteiger partial charge in [0.1, 0.15) is 0 Å². The maximum absolute atomic E-state index is 11.9. The van der Waals surface area contributed by atoms with Gasteiger partial charge in [-0.2, -0.15) is 0 Å². The van der Waals surface area contributed by atoms with Gasteiger partial charge in [0.25, 0.3) is 0 Å². The third kappa shape index (κ3) is 2.25. The van der Waals surface area contributed by atoms with Gasteiger partial charge in [-0.3, -0.25) is 0 Å². The zero-order valence-corrected chi connectivity index (χ0v) is 22.1. The molecule has 4 bridgehead atoms. The predicted molar refractivity (Wildman–Crippen MR) is 131 cm³/mol. The molecule has 0 aromatic heterocycles. The van der Waals surface area contributed by atoms with E-state index in [1.54, 1.807) is 0 Å². The smallest absolute Gasteiger partial charge is 0.0855 e. The normalized spacial score (nSPS) is 60.9. The number of ether oxygens (including phenoxy) is 2. The van der Waals surface area contributed by atoms with Crippen molar-refractivity contribution >= 4 is 0 Å². The van der Waals surface area contributed by atoms with Gasteiger partial charge in [-0.1, -0.05) is 53.2 Å². The lowest BCUT2D eigenvalue weighted by atomic mass is 9.35. The Morgan fingerprint density at radius 1 is 0.941 bits per heavy atom. The van der Waals surface area contributed by atoms with Gasteiger partial charge in [0.05, 0.1) is 37.6 Å². The van der Waals surface area contributed by atoms with Gasteiger partial charge >= 0.3 is 0 Å². The van der Waals surface area contributed by atoms with Crippen LogP contribution in [0.2, 0.25) is 0 Å². The van der Waals surface area contributed by atoms with Crippen LogP contribution in [0.3, 0.4) is 0 Å². The highest BCUT2D eigenvalue weighted by molar-refractivity contribution is 5.37. The van der Waals surface area contributed by atoms with Crippen LogP contribution in [0, 0.1) is 56.7 Å². The molecule has 4 saturated carbocycles. The van der Waals surface area contributed by atoms with Gasteiger partial charge in [0, 0.05) is 16.7 Å². The highest BCUT2D eigenvalue weighted by atomic mass is 16.5. The number of aliphatic hydroxyl groups is 2. The predicted octanol–water partition coefficient (Wildman–Crippen LogP) is 4.97. The maximum atomic E-state index is 11.9. The van der Waals surface area contributed by atoms with Crippen molar-refractivity contribution < 1.29 is 19.7 Å². The molecule has 2 heterocycles. The quantitative estimate of drug-likeness (QED) is 0.531. The summed E-state index contributed by atoms with van der Waals surface area (Å²) in [6.07, 6.45) is 8.60. The van der Waals surface area contributed by atoms with Crippen LogP contribution in [-0.4, -0.2) is 47.8 Å². The number of fused-ring (bicyclic) bond motifs is 4. The summed E-state index contributed by atoms with van der Waals surface area (Å²) in [5.74, 6) is 2.55. The minimum atomic E-state index is -0.448. The Balaban J connectivity index is 1.35. The van der Waals surface area contributed by atoms with E-state index in [-0.39, 0.29) is 45.7 Å². The van der Waals surface area contributed by atoms with Crippen LogP contribution in [0.4, 0.5) is 0 Å². The third-order valence-corrected chi connectivity index (χ3v) is 13.7. The number of aliphatic hydroxyl groups excluding tert-OH is 2. The summed E-state index contributed by atoms with van der Waals surface area (Å²) in [4.78, 5) is 0. The molecule has 5 aliphatic carbocycles. The van der Waals surface area contributed by atoms with Gasteiger partial charge in [-0.15, -0.1) is 0 Å². The first kappa shape index (κ1) is 22.8. The molecule has 2 saturated heterocycles. The van der Waals surface area contributed by atoms with Crippen LogP contribution in [0.1, 0.15) is 80.1 Å². The highest BCUT2D eigenvalue weighted by Gasteiger charge is 2.76. The summed E-state index contributed by atoms with van der Waals surface area (Å²) < 4.78 is 12.9. The van der Waals surface area contributed by atoms with Crippen molar-refractivity contribution in [2.75, 3.05) is 13.2 Å². The van der Waals surface area contributed by atoms with Crippen molar-refractivity contribution in [1.29, 1.82) is 0 Å². The maximum Gasteiger partial charge on any atom is 0.0855 e. The van der Waals surface area contributed by atoms with Gasteiger partial charge < -0.3 is 19.7 Å². The molecule has 1 spiro atoms. The first-order chi connectivity index (χ1) is 15.9. The van der Waals surface area contributed by atoms with E-state index in [9.17, 15) is 10.2 Å². The van der Waals surface area contributed by atoms with Crippen LogP contribution in [-0.2, 0) is 9.47 Å². The lowest BCUT2D eigenvalue weighted by molar-refractivity contribution is -0.186. The van der Waals surface area contributed by atoms with Crippen LogP contribution >= 0.6 is 0 Å². The summed E-state index contributed by atoms with van der Waals surface area (Å²) in [5.41, 5.74) is 1.80. The lowest BCUT2D eigenvalue weighted by Crippen LogP contribution is -2.66. The Morgan fingerprint density at radius 2 is 1.68 bits per heavy atom. The Hall–Kier alpha value is -0.420. The summed E-state index contributed by atoms with van der Waals surface area (Å²) in [6, 6.07) is 0. The number of hydrogen-bond acceptors (Lipinski definition) is 4. The van der Waals surface area contributed by atoms with Crippen LogP contribution in [0.5, 0.6) is 0 Å². The molecule has 0 radical (unpaired) electrons. The molecule has 6 fully saturated rings. The summed E-state index contributed by atoms with van der Waals surface area (Å²) >= 11 is 0. The molecule has 0 amide bonds. The standard InChI is InChI=1S/C30H46O4/c1-16(2)18-11-20-24-28(6)8-7-17-23(27(28,5)9-10-29(18,24)14-33-20)19(31)12-22-26(3,4)25(32)21-13-30(17,22)15-34-21/h7,16,18-25,31-32H,8-15H2,1-6H3/t18-,19-,20-,21-,22?,23-,24+,25-,27-,28+,29+,30-/m0/s1. The molecule has 34 heavy (non-hydrogen) atoms. The molecule has 7 rings (SSSR count). The molecule has 2 N–H and O–H groups in total. The second-order valence-electron chi connectivity index (χ2n) is 15.2.